The Kier molecular flexibility index (Phi) is 8.04. The molecule has 1 aromatic heterocycles. The van der Waals surface area contributed by atoms with E-state index in [4.69, 9.17) is 9.47 Å². The van der Waals surface area contributed by atoms with Gasteiger partial charge in [0.1, 0.15) is 5.56 Å². The van der Waals surface area contributed by atoms with E-state index in [9.17, 15) is 9.59 Å². The van der Waals surface area contributed by atoms with Crippen molar-refractivity contribution in [3.05, 3.63) is 45.7 Å². The zero-order valence-electron chi connectivity index (χ0n) is 16.9. The van der Waals surface area contributed by atoms with Gasteiger partial charge in [-0.05, 0) is 51.2 Å². The van der Waals surface area contributed by atoms with Gasteiger partial charge in [-0.1, -0.05) is 25.5 Å². The van der Waals surface area contributed by atoms with E-state index >= 15 is 0 Å². The van der Waals surface area contributed by atoms with Crippen LogP contribution in [0.2, 0.25) is 0 Å². The lowest BCUT2D eigenvalue weighted by molar-refractivity contribution is 0.0524. The van der Waals surface area contributed by atoms with E-state index in [1.165, 1.54) is 0 Å². The molecule has 5 heteroatoms. The number of ether oxygens (including phenoxy) is 2. The van der Waals surface area contributed by atoms with Crippen LogP contribution in [0.25, 0.3) is 10.9 Å². The molecular formula is C22H31NO4. The summed E-state index contributed by atoms with van der Waals surface area (Å²) in [5, 5.41) is 0.581. The van der Waals surface area contributed by atoms with Crippen LogP contribution in [0.15, 0.2) is 29.2 Å². The van der Waals surface area contributed by atoms with Gasteiger partial charge in [0.05, 0.1) is 12.1 Å². The molecule has 1 aliphatic heterocycles. The van der Waals surface area contributed by atoms with Crippen LogP contribution >= 0.6 is 0 Å². The molecule has 3 rings (SSSR count). The lowest BCUT2D eigenvalue weighted by Crippen LogP contribution is -2.22. The molecule has 5 nitrogen and oxygen atoms in total. The highest BCUT2D eigenvalue weighted by atomic mass is 16.5. The average molecular weight is 373 g/mol. The normalized spacial score (nSPS) is 14.5. The number of fused-ring (bicyclic) bond motifs is 1. The lowest BCUT2D eigenvalue weighted by atomic mass is 9.96. The zero-order chi connectivity index (χ0) is 19.8. The molecule has 1 aromatic carbocycles. The molecule has 0 radical (unpaired) electrons. The lowest BCUT2D eigenvalue weighted by Gasteiger charge is -2.23. The first-order valence-corrected chi connectivity index (χ1v) is 9.98. The maximum atomic E-state index is 12.7. The number of benzene rings is 1. The number of aryl methyl sites for hydroxylation is 2. The van der Waals surface area contributed by atoms with Crippen molar-refractivity contribution in [2.24, 2.45) is 5.92 Å². The van der Waals surface area contributed by atoms with E-state index in [0.717, 1.165) is 50.1 Å². The Morgan fingerprint density at radius 3 is 2.63 bits per heavy atom. The number of hydrogen-bond acceptors (Lipinski definition) is 4. The van der Waals surface area contributed by atoms with Crippen molar-refractivity contribution < 1.29 is 14.3 Å². The van der Waals surface area contributed by atoms with Gasteiger partial charge >= 0.3 is 5.97 Å². The molecule has 27 heavy (non-hydrogen) atoms. The van der Waals surface area contributed by atoms with Crippen molar-refractivity contribution in [2.45, 2.75) is 53.5 Å². The first-order valence-electron chi connectivity index (χ1n) is 9.98. The van der Waals surface area contributed by atoms with Crippen molar-refractivity contribution in [3.8, 4) is 0 Å². The Bertz CT molecular complexity index is 819. The molecule has 0 atom stereocenters. The molecule has 0 aliphatic carbocycles. The summed E-state index contributed by atoms with van der Waals surface area (Å²) in [6.07, 6.45) is 4.82. The molecule has 1 fully saturated rings. The van der Waals surface area contributed by atoms with Gasteiger partial charge in [0.15, 0.2) is 0 Å². The fourth-order valence-electron chi connectivity index (χ4n) is 3.41. The van der Waals surface area contributed by atoms with Crippen molar-refractivity contribution in [1.29, 1.82) is 0 Å². The zero-order valence-corrected chi connectivity index (χ0v) is 16.9. The standard InChI is InChI=1S/C20H25NO4.C2H6/c1-3-25-20(23)17-13-21(9-6-15-7-10-24-11-8-15)18-5-4-14(2)12-16(18)19(17)22;1-2/h4-5,12-13,15H,3,6-11H2,1-2H3;1-2H3. The molecule has 0 bridgehead atoms. The fourth-order valence-corrected chi connectivity index (χ4v) is 3.41. The van der Waals surface area contributed by atoms with Crippen LogP contribution in [-0.4, -0.2) is 30.4 Å². The first kappa shape index (κ1) is 21.2. The molecule has 0 spiro atoms. The van der Waals surface area contributed by atoms with E-state index < -0.39 is 5.97 Å². The summed E-state index contributed by atoms with van der Waals surface area (Å²) in [6.45, 7) is 10.4. The van der Waals surface area contributed by atoms with Gasteiger partial charge in [-0.3, -0.25) is 4.79 Å². The number of aromatic nitrogens is 1. The van der Waals surface area contributed by atoms with Crippen LogP contribution in [0.1, 0.15) is 56.0 Å². The summed E-state index contributed by atoms with van der Waals surface area (Å²) in [6, 6.07) is 5.81. The van der Waals surface area contributed by atoms with Gasteiger partial charge in [-0.15, -0.1) is 0 Å². The summed E-state index contributed by atoms with van der Waals surface area (Å²) >= 11 is 0. The minimum Gasteiger partial charge on any atom is -0.462 e. The third-order valence-electron chi connectivity index (χ3n) is 4.85. The van der Waals surface area contributed by atoms with Crippen LogP contribution < -0.4 is 5.43 Å². The van der Waals surface area contributed by atoms with Crippen LogP contribution in [0.5, 0.6) is 0 Å². The fraction of sp³-hybridized carbons (Fsp3) is 0.545. The smallest absolute Gasteiger partial charge is 0.343 e. The van der Waals surface area contributed by atoms with Crippen molar-refractivity contribution in [3.63, 3.8) is 0 Å². The number of carbonyl (C=O) groups excluding carboxylic acids is 1. The largest absolute Gasteiger partial charge is 0.462 e. The highest BCUT2D eigenvalue weighted by Crippen LogP contribution is 2.21. The second kappa shape index (κ2) is 10.3. The van der Waals surface area contributed by atoms with Gasteiger partial charge in [0, 0.05) is 31.3 Å². The Balaban J connectivity index is 0.00000126. The monoisotopic (exact) mass is 373 g/mol. The van der Waals surface area contributed by atoms with Crippen LogP contribution in [0, 0.1) is 12.8 Å². The molecule has 2 aromatic rings. The van der Waals surface area contributed by atoms with E-state index in [2.05, 4.69) is 0 Å². The van der Waals surface area contributed by atoms with Crippen molar-refractivity contribution in [2.75, 3.05) is 19.8 Å². The van der Waals surface area contributed by atoms with Gasteiger partial charge in [0.2, 0.25) is 5.43 Å². The molecular weight excluding hydrogens is 342 g/mol. The summed E-state index contributed by atoms with van der Waals surface area (Å²) in [7, 11) is 0. The predicted molar refractivity (Wildman–Crippen MR) is 108 cm³/mol. The molecule has 0 amide bonds. The van der Waals surface area contributed by atoms with E-state index in [1.54, 1.807) is 13.1 Å². The number of rotatable bonds is 5. The van der Waals surface area contributed by atoms with E-state index in [-0.39, 0.29) is 17.6 Å². The Hall–Kier alpha value is -2.14. The van der Waals surface area contributed by atoms with Gasteiger partial charge < -0.3 is 14.0 Å². The summed E-state index contributed by atoms with van der Waals surface area (Å²) in [5.41, 5.74) is 1.74. The Morgan fingerprint density at radius 2 is 1.96 bits per heavy atom. The summed E-state index contributed by atoms with van der Waals surface area (Å²) in [5.74, 6) is 0.0791. The number of nitrogens with zero attached hydrogens (tertiary/aromatic N) is 1. The number of pyridine rings is 1. The van der Waals surface area contributed by atoms with Gasteiger partial charge in [0.25, 0.3) is 0 Å². The predicted octanol–water partition coefficient (Wildman–Crippen LogP) is 4.33. The SMILES string of the molecule is CC.CCOC(=O)c1cn(CCC2CCOCC2)c2ccc(C)cc2c1=O. The molecule has 148 valence electrons. The Morgan fingerprint density at radius 1 is 1.26 bits per heavy atom. The summed E-state index contributed by atoms with van der Waals surface area (Å²) < 4.78 is 12.5. The Labute approximate surface area is 161 Å². The van der Waals surface area contributed by atoms with Gasteiger partial charge in [-0.25, -0.2) is 4.79 Å². The van der Waals surface area contributed by atoms with E-state index in [0.29, 0.717) is 11.3 Å². The van der Waals surface area contributed by atoms with Crippen molar-refractivity contribution in [1.82, 2.24) is 4.57 Å². The highest BCUT2D eigenvalue weighted by Gasteiger charge is 2.18. The molecule has 1 saturated heterocycles. The third-order valence-corrected chi connectivity index (χ3v) is 4.85. The minimum absolute atomic E-state index is 0.118. The minimum atomic E-state index is -0.546. The number of hydrogen-bond donors (Lipinski definition) is 0. The van der Waals surface area contributed by atoms with Crippen molar-refractivity contribution >= 4 is 16.9 Å². The molecule has 0 N–H and O–H groups in total. The van der Waals surface area contributed by atoms with Crippen LogP contribution in [0.3, 0.4) is 0 Å². The molecule has 1 aliphatic rings. The van der Waals surface area contributed by atoms with Gasteiger partial charge in [-0.2, -0.15) is 0 Å². The molecule has 2 heterocycles. The first-order chi connectivity index (χ1) is 13.1. The highest BCUT2D eigenvalue weighted by molar-refractivity contribution is 5.93. The van der Waals surface area contributed by atoms with Crippen LogP contribution in [0.4, 0.5) is 0 Å². The second-order valence-electron chi connectivity index (χ2n) is 6.65. The maximum Gasteiger partial charge on any atom is 0.343 e. The topological polar surface area (TPSA) is 57.5 Å². The van der Waals surface area contributed by atoms with Crippen LogP contribution in [-0.2, 0) is 16.0 Å². The summed E-state index contributed by atoms with van der Waals surface area (Å²) in [4.78, 5) is 24.9. The third kappa shape index (κ3) is 5.19. The quantitative estimate of drug-likeness (QED) is 0.732. The molecule has 0 saturated carbocycles. The maximum absolute atomic E-state index is 12.7. The average Bonchev–Trinajstić information content (AvgIpc) is 2.70. The van der Waals surface area contributed by atoms with E-state index in [1.807, 2.05) is 43.5 Å². The second-order valence-corrected chi connectivity index (χ2v) is 6.65. The number of esters is 1. The number of carbonyl (C=O) groups is 1. The molecule has 0 unspecified atom stereocenters.